The molecule has 6 rings (SSSR count). The molecule has 2 fully saturated rings. The van der Waals surface area contributed by atoms with Crippen molar-refractivity contribution in [3.8, 4) is 0 Å². The number of pyridine rings is 1. The molecule has 6 nitrogen and oxygen atoms in total. The minimum Gasteiger partial charge on any atom is -0.618 e. The van der Waals surface area contributed by atoms with Crippen molar-refractivity contribution in [2.45, 2.75) is 102 Å². The van der Waals surface area contributed by atoms with E-state index in [2.05, 4.69) is 58.9 Å². The van der Waals surface area contributed by atoms with Crippen molar-refractivity contribution < 1.29 is 24.0 Å². The summed E-state index contributed by atoms with van der Waals surface area (Å²) in [6.07, 6.45) is 3.90. The van der Waals surface area contributed by atoms with Crippen LogP contribution in [-0.2, 0) is 31.6 Å². The summed E-state index contributed by atoms with van der Waals surface area (Å²) in [6, 6.07) is 8.80. The summed E-state index contributed by atoms with van der Waals surface area (Å²) in [4.78, 5) is 0. The van der Waals surface area contributed by atoms with E-state index in [1.165, 1.54) is 10.3 Å². The lowest BCUT2D eigenvalue weighted by Gasteiger charge is -2.38. The van der Waals surface area contributed by atoms with E-state index in [1.807, 2.05) is 0 Å². The fourth-order valence-electron chi connectivity index (χ4n) is 7.42. The van der Waals surface area contributed by atoms with Gasteiger partial charge in [-0.15, -0.1) is 0 Å². The maximum atomic E-state index is 14.5. The van der Waals surface area contributed by atoms with Gasteiger partial charge in [0.15, 0.2) is 6.10 Å². The average Bonchev–Trinajstić information content (AvgIpc) is 3.17. The fourth-order valence-corrected chi connectivity index (χ4v) is 7.42. The molecular formula is C32H44NO5+. The first kappa shape index (κ1) is 26.2. The quantitative estimate of drug-likeness (QED) is 0.302. The second kappa shape index (κ2) is 9.29. The molecule has 1 unspecified atom stereocenters. The second-order valence-electron chi connectivity index (χ2n) is 13.8. The van der Waals surface area contributed by atoms with Gasteiger partial charge < -0.3 is 24.5 Å². The number of aromatic nitrogens is 1. The Hall–Kier alpha value is -1.99. The Kier molecular flexibility index (Phi) is 6.42. The number of fused-ring (bicyclic) bond motifs is 4. The monoisotopic (exact) mass is 522 g/mol. The molecule has 2 atom stereocenters. The standard InChI is InChI=1S/C32H43NO5/c1-30(2,3)22-8-6-21(7-9-22)29-26-27(32(38-29)12-16-37-17-13-32)25-23(18-31(4,5)19-24(25)34)33(35)28(26)20-10-14-36-15-11-20/h6-9,20,24,29,34H,10-19H2,1-5H3/p+1/t24?,29-/m1/s1. The van der Waals surface area contributed by atoms with Crippen molar-refractivity contribution in [2.75, 3.05) is 26.4 Å². The van der Waals surface area contributed by atoms with Crippen LogP contribution in [-0.4, -0.2) is 31.5 Å². The molecule has 0 amide bonds. The van der Waals surface area contributed by atoms with Crippen molar-refractivity contribution in [3.05, 3.63) is 68.7 Å². The lowest BCUT2D eigenvalue weighted by atomic mass is 9.69. The Balaban J connectivity index is 1.62. The number of rotatable bonds is 2. The third-order valence-electron chi connectivity index (χ3n) is 9.39. The van der Waals surface area contributed by atoms with E-state index in [9.17, 15) is 10.3 Å². The molecule has 1 aliphatic carbocycles. The minimum atomic E-state index is -0.514. The van der Waals surface area contributed by atoms with E-state index < -0.39 is 11.7 Å². The minimum absolute atomic E-state index is 0.0600. The average molecular weight is 523 g/mol. The van der Waals surface area contributed by atoms with Crippen LogP contribution >= 0.6 is 0 Å². The number of hydrogen-bond acceptors (Lipinski definition) is 4. The molecule has 2 saturated heterocycles. The number of benzene rings is 1. The van der Waals surface area contributed by atoms with Gasteiger partial charge in [0.25, 0.3) is 0 Å². The lowest BCUT2D eigenvalue weighted by molar-refractivity contribution is -0.627. The van der Waals surface area contributed by atoms with Crippen LogP contribution in [0.5, 0.6) is 0 Å². The fraction of sp³-hybridized carbons (Fsp3) is 0.656. The molecule has 38 heavy (non-hydrogen) atoms. The highest BCUT2D eigenvalue weighted by Crippen LogP contribution is 2.57. The first-order valence-corrected chi connectivity index (χ1v) is 14.5. The van der Waals surface area contributed by atoms with Crippen LogP contribution in [0, 0.1) is 10.6 Å². The number of nitrogens with zero attached hydrogens (tertiary/aromatic N) is 1. The van der Waals surface area contributed by atoms with Crippen LogP contribution < -0.4 is 4.73 Å². The molecule has 0 saturated carbocycles. The maximum Gasteiger partial charge on any atom is 0.205 e. The Morgan fingerprint density at radius 1 is 0.947 bits per heavy atom. The van der Waals surface area contributed by atoms with E-state index >= 15 is 0 Å². The van der Waals surface area contributed by atoms with Crippen molar-refractivity contribution in [2.24, 2.45) is 5.41 Å². The number of hydrogen-bond donors (Lipinski definition) is 0. The van der Waals surface area contributed by atoms with Gasteiger partial charge in [-0.3, -0.25) is 0 Å². The van der Waals surface area contributed by atoms with Crippen molar-refractivity contribution in [1.29, 1.82) is 0 Å². The number of ether oxygens (including phenoxy) is 3. The predicted octanol–water partition coefficient (Wildman–Crippen LogP) is 5.37. The van der Waals surface area contributed by atoms with Gasteiger partial charge in [-0.25, -0.2) is 0 Å². The molecule has 4 heterocycles. The van der Waals surface area contributed by atoms with Gasteiger partial charge in [0.2, 0.25) is 11.4 Å². The molecular weight excluding hydrogens is 478 g/mol. The van der Waals surface area contributed by atoms with Crippen LogP contribution in [0.15, 0.2) is 24.3 Å². The van der Waals surface area contributed by atoms with Crippen LogP contribution in [0.25, 0.3) is 0 Å². The Morgan fingerprint density at radius 3 is 2.21 bits per heavy atom. The molecule has 1 aromatic heterocycles. The molecule has 0 bridgehead atoms. The van der Waals surface area contributed by atoms with Crippen LogP contribution in [0.1, 0.15) is 124 Å². The Morgan fingerprint density at radius 2 is 1.58 bits per heavy atom. The molecule has 1 aromatic carbocycles. The summed E-state index contributed by atoms with van der Waals surface area (Å²) in [5, 5.41) is 23.8. The molecule has 2 N–H and O–H groups in total. The highest BCUT2D eigenvalue weighted by atomic mass is 16.5. The molecule has 0 radical (unpaired) electrons. The summed E-state index contributed by atoms with van der Waals surface area (Å²) in [7, 11) is 0. The van der Waals surface area contributed by atoms with Gasteiger partial charge in [-0.05, 0) is 34.8 Å². The first-order valence-electron chi connectivity index (χ1n) is 14.5. The van der Waals surface area contributed by atoms with E-state index in [0.717, 1.165) is 65.7 Å². The van der Waals surface area contributed by atoms with Crippen LogP contribution in [0.4, 0.5) is 0 Å². The summed E-state index contributed by atoms with van der Waals surface area (Å²) >= 11 is 0. The first-order chi connectivity index (χ1) is 18.0. The Labute approximate surface area is 226 Å². The van der Waals surface area contributed by atoms with Crippen LogP contribution in [0.2, 0.25) is 0 Å². The SMILES string of the molecule is CC1(C)Cc2c(c3c(c(C4CCOCC4)[n+]2[O-])[C@@H](c2ccc(C(C)(C)C)cc2)OC32CCOCC2)C([OH2+])C1. The van der Waals surface area contributed by atoms with Crippen molar-refractivity contribution in [1.82, 2.24) is 0 Å². The summed E-state index contributed by atoms with van der Waals surface area (Å²) in [5.41, 5.74) is 6.66. The summed E-state index contributed by atoms with van der Waals surface area (Å²) in [5.74, 6) is 0.129. The molecule has 4 aliphatic rings. The topological polar surface area (TPSA) is 77.5 Å². The highest BCUT2D eigenvalue weighted by molar-refractivity contribution is 5.53. The normalized spacial score (nSPS) is 26.8. The summed E-state index contributed by atoms with van der Waals surface area (Å²) < 4.78 is 20.0. The zero-order valence-corrected chi connectivity index (χ0v) is 23.7. The van der Waals surface area contributed by atoms with E-state index in [4.69, 9.17) is 14.2 Å². The largest absolute Gasteiger partial charge is 0.618 e. The predicted molar refractivity (Wildman–Crippen MR) is 146 cm³/mol. The maximum absolute atomic E-state index is 14.5. The molecule has 1 spiro atoms. The van der Waals surface area contributed by atoms with Gasteiger partial charge in [0, 0.05) is 63.6 Å². The molecule has 6 heteroatoms. The third-order valence-corrected chi connectivity index (χ3v) is 9.39. The van der Waals surface area contributed by atoms with Gasteiger partial charge >= 0.3 is 0 Å². The van der Waals surface area contributed by atoms with Crippen LogP contribution in [0.3, 0.4) is 0 Å². The van der Waals surface area contributed by atoms with Gasteiger partial charge in [0.05, 0.1) is 5.56 Å². The highest BCUT2D eigenvalue weighted by Gasteiger charge is 2.56. The van der Waals surface area contributed by atoms with E-state index in [0.29, 0.717) is 32.8 Å². The lowest BCUT2D eigenvalue weighted by Crippen LogP contribution is -2.47. The smallest absolute Gasteiger partial charge is 0.205 e. The van der Waals surface area contributed by atoms with Crippen molar-refractivity contribution in [3.63, 3.8) is 0 Å². The summed E-state index contributed by atoms with van der Waals surface area (Å²) in [6.45, 7) is 13.7. The Bertz CT molecular complexity index is 1200. The van der Waals surface area contributed by atoms with Gasteiger partial charge in [-0.1, -0.05) is 58.9 Å². The van der Waals surface area contributed by atoms with Gasteiger partial charge in [0.1, 0.15) is 17.3 Å². The van der Waals surface area contributed by atoms with E-state index in [1.54, 1.807) is 0 Å². The molecule has 2 aromatic rings. The molecule has 206 valence electrons. The zero-order valence-electron chi connectivity index (χ0n) is 23.7. The third kappa shape index (κ3) is 4.28. The zero-order chi connectivity index (χ0) is 26.9. The molecule has 3 aliphatic heterocycles. The van der Waals surface area contributed by atoms with E-state index in [-0.39, 0.29) is 22.9 Å². The van der Waals surface area contributed by atoms with Crippen molar-refractivity contribution >= 4 is 0 Å². The van der Waals surface area contributed by atoms with Gasteiger partial charge in [-0.2, -0.15) is 4.73 Å². The second-order valence-corrected chi connectivity index (χ2v) is 13.8.